The molecule has 2 atom stereocenters. The van der Waals surface area contributed by atoms with Gasteiger partial charge in [-0.1, -0.05) is 36.4 Å². The van der Waals surface area contributed by atoms with Gasteiger partial charge in [0.05, 0.1) is 11.6 Å². The number of aliphatic hydroxyl groups is 1. The van der Waals surface area contributed by atoms with Crippen LogP contribution in [0.5, 0.6) is 0 Å². The van der Waals surface area contributed by atoms with Crippen molar-refractivity contribution in [1.29, 1.82) is 0 Å². The number of hydrogen-bond donors (Lipinski definition) is 1. The molecule has 2 aromatic carbocycles. The van der Waals surface area contributed by atoms with E-state index in [1.54, 1.807) is 23.2 Å². The zero-order chi connectivity index (χ0) is 23.9. The third kappa shape index (κ3) is 4.42. The van der Waals surface area contributed by atoms with Crippen molar-refractivity contribution in [1.82, 2.24) is 9.88 Å². The quantitative estimate of drug-likeness (QED) is 0.497. The number of hydrogen-bond acceptors (Lipinski definition) is 4. The number of aryl methyl sites for hydroxylation is 1. The smallest absolute Gasteiger partial charge is 0.411 e. The van der Waals surface area contributed by atoms with Gasteiger partial charge >= 0.3 is 6.09 Å². The molecule has 1 amide bonds. The van der Waals surface area contributed by atoms with Gasteiger partial charge in [-0.15, -0.1) is 0 Å². The summed E-state index contributed by atoms with van der Waals surface area (Å²) < 4.78 is 19.6. The molecule has 0 radical (unpaired) electrons. The number of ether oxygens (including phenoxy) is 1. The van der Waals surface area contributed by atoms with E-state index >= 15 is 0 Å². The first kappa shape index (κ1) is 22.5. The van der Waals surface area contributed by atoms with Gasteiger partial charge in [0.2, 0.25) is 0 Å². The minimum absolute atomic E-state index is 0.170. The van der Waals surface area contributed by atoms with Gasteiger partial charge in [0.25, 0.3) is 0 Å². The van der Waals surface area contributed by atoms with Crippen molar-refractivity contribution in [3.63, 3.8) is 0 Å². The van der Waals surface area contributed by atoms with Gasteiger partial charge in [-0.05, 0) is 73.2 Å². The van der Waals surface area contributed by atoms with Crippen LogP contribution in [0.3, 0.4) is 0 Å². The molecular formula is C28H29FN2O3. The van der Waals surface area contributed by atoms with E-state index in [0.717, 1.165) is 27.9 Å². The fourth-order valence-electron chi connectivity index (χ4n) is 4.92. The lowest BCUT2D eigenvalue weighted by Gasteiger charge is -2.44. The van der Waals surface area contributed by atoms with Gasteiger partial charge in [0.15, 0.2) is 0 Å². The Kier molecular flexibility index (Phi) is 5.64. The van der Waals surface area contributed by atoms with Crippen LogP contribution in [0, 0.1) is 12.7 Å². The lowest BCUT2D eigenvalue weighted by Crippen LogP contribution is -2.50. The average molecular weight is 461 g/mol. The molecule has 34 heavy (non-hydrogen) atoms. The van der Waals surface area contributed by atoms with Gasteiger partial charge in [0, 0.05) is 31.3 Å². The number of benzene rings is 2. The third-order valence-electron chi connectivity index (χ3n) is 7.18. The van der Waals surface area contributed by atoms with Crippen LogP contribution in [0.15, 0.2) is 66.9 Å². The predicted octanol–water partition coefficient (Wildman–Crippen LogP) is 5.91. The highest BCUT2D eigenvalue weighted by molar-refractivity contribution is 5.70. The summed E-state index contributed by atoms with van der Waals surface area (Å²) in [5.41, 5.74) is 3.14. The van der Waals surface area contributed by atoms with Crippen molar-refractivity contribution in [2.45, 2.75) is 56.8 Å². The van der Waals surface area contributed by atoms with E-state index in [1.165, 1.54) is 12.1 Å². The van der Waals surface area contributed by atoms with Crippen molar-refractivity contribution < 1.29 is 19.0 Å². The maximum atomic E-state index is 13.5. The monoisotopic (exact) mass is 460 g/mol. The van der Waals surface area contributed by atoms with Crippen LogP contribution in [0.1, 0.15) is 55.5 Å². The average Bonchev–Trinajstić information content (AvgIpc) is 3.55. The molecule has 5 rings (SSSR count). The van der Waals surface area contributed by atoms with E-state index in [9.17, 15) is 14.3 Å². The summed E-state index contributed by atoms with van der Waals surface area (Å²) >= 11 is 0. The number of pyridine rings is 1. The molecule has 1 aromatic heterocycles. The fraction of sp³-hybridized carbons (Fsp3) is 0.357. The number of carbonyl (C=O) groups excluding carboxylic acids is 1. The van der Waals surface area contributed by atoms with Crippen LogP contribution in [0.2, 0.25) is 0 Å². The van der Waals surface area contributed by atoms with Gasteiger partial charge < -0.3 is 14.7 Å². The van der Waals surface area contributed by atoms with Gasteiger partial charge in [0.1, 0.15) is 11.4 Å². The van der Waals surface area contributed by atoms with E-state index in [2.05, 4.69) is 17.1 Å². The van der Waals surface area contributed by atoms with E-state index in [4.69, 9.17) is 4.74 Å². The molecule has 1 unspecified atom stereocenters. The molecule has 5 nitrogen and oxygen atoms in total. The Hall–Kier alpha value is -3.25. The summed E-state index contributed by atoms with van der Waals surface area (Å²) in [5, 5.41) is 10.7. The van der Waals surface area contributed by atoms with Crippen molar-refractivity contribution in [3.8, 4) is 11.1 Å². The molecule has 1 saturated heterocycles. The highest BCUT2D eigenvalue weighted by atomic mass is 19.1. The first-order valence-corrected chi connectivity index (χ1v) is 11.8. The van der Waals surface area contributed by atoms with Crippen LogP contribution < -0.4 is 0 Å². The number of aromatic nitrogens is 1. The topological polar surface area (TPSA) is 62.7 Å². The Bertz CT molecular complexity index is 1190. The van der Waals surface area contributed by atoms with Gasteiger partial charge in [-0.25, -0.2) is 9.18 Å². The molecule has 2 fully saturated rings. The molecule has 1 N–H and O–H groups in total. The second kappa shape index (κ2) is 8.51. The number of rotatable bonds is 6. The van der Waals surface area contributed by atoms with Crippen LogP contribution in [0.25, 0.3) is 11.1 Å². The SMILES string of the molecule is Cc1cc(-c2ccc([C@H](C)N3CCC(CC4(O)CC4)(c4ccc(F)cc4)OC3=O)cc2)ccn1. The van der Waals surface area contributed by atoms with Crippen LogP contribution in [-0.4, -0.2) is 33.2 Å². The second-order valence-corrected chi connectivity index (χ2v) is 9.70. The lowest BCUT2D eigenvalue weighted by molar-refractivity contribution is -0.0883. The van der Waals surface area contributed by atoms with Gasteiger partial charge in [-0.2, -0.15) is 0 Å². The Labute approximate surface area is 199 Å². The molecule has 176 valence electrons. The standard InChI is InChI=1S/C28H29FN2O3/c1-19-17-23(11-15-30-19)22-5-3-21(4-6-22)20(2)31-16-14-28(34-26(31)32,18-27(33)12-13-27)24-7-9-25(29)10-8-24/h3-11,15,17,20,33H,12-14,16,18H2,1-2H3/t20-,28?/m0/s1. The molecule has 6 heteroatoms. The molecule has 3 aromatic rings. The molecule has 2 heterocycles. The first-order valence-electron chi connectivity index (χ1n) is 11.8. The molecule has 1 aliphatic carbocycles. The number of carbonyl (C=O) groups is 1. The van der Waals surface area contributed by atoms with E-state index in [1.807, 2.05) is 38.1 Å². The number of amides is 1. The van der Waals surface area contributed by atoms with Crippen LogP contribution in [-0.2, 0) is 10.3 Å². The lowest BCUT2D eigenvalue weighted by atomic mass is 9.82. The normalized spacial score (nSPS) is 22.2. The van der Waals surface area contributed by atoms with Crippen molar-refractivity contribution in [2.24, 2.45) is 0 Å². The zero-order valence-electron chi connectivity index (χ0n) is 19.5. The molecule has 1 aliphatic heterocycles. The zero-order valence-corrected chi connectivity index (χ0v) is 19.5. The summed E-state index contributed by atoms with van der Waals surface area (Å²) in [6.07, 6.45) is 3.64. The van der Waals surface area contributed by atoms with E-state index < -0.39 is 17.3 Å². The number of cyclic esters (lactones) is 1. The van der Waals surface area contributed by atoms with Gasteiger partial charge in [-0.3, -0.25) is 4.98 Å². The molecule has 1 saturated carbocycles. The summed E-state index contributed by atoms with van der Waals surface area (Å²) in [6, 6.07) is 18.1. The summed E-state index contributed by atoms with van der Waals surface area (Å²) in [5.74, 6) is -0.341. The Morgan fingerprint density at radius 1 is 1.06 bits per heavy atom. The highest BCUT2D eigenvalue weighted by Crippen LogP contribution is 2.50. The van der Waals surface area contributed by atoms with Crippen LogP contribution >= 0.6 is 0 Å². The second-order valence-electron chi connectivity index (χ2n) is 9.70. The number of nitrogens with zero attached hydrogens (tertiary/aromatic N) is 2. The first-order chi connectivity index (χ1) is 16.3. The summed E-state index contributed by atoms with van der Waals surface area (Å²) in [7, 11) is 0. The fourth-order valence-corrected chi connectivity index (χ4v) is 4.92. The summed E-state index contributed by atoms with van der Waals surface area (Å²) in [6.45, 7) is 4.45. The van der Waals surface area contributed by atoms with Crippen LogP contribution in [0.4, 0.5) is 9.18 Å². The Morgan fingerprint density at radius 2 is 1.76 bits per heavy atom. The highest BCUT2D eigenvalue weighted by Gasteiger charge is 2.53. The maximum absolute atomic E-state index is 13.5. The van der Waals surface area contributed by atoms with Crippen molar-refractivity contribution in [2.75, 3.05) is 6.54 Å². The number of halogens is 1. The molecule has 0 bridgehead atoms. The van der Waals surface area contributed by atoms with E-state index in [-0.39, 0.29) is 11.9 Å². The molecule has 2 aliphatic rings. The van der Waals surface area contributed by atoms with Crippen molar-refractivity contribution >= 4 is 6.09 Å². The molecule has 0 spiro atoms. The largest absolute Gasteiger partial charge is 0.438 e. The minimum atomic E-state index is -0.949. The Morgan fingerprint density at radius 3 is 2.38 bits per heavy atom. The summed E-state index contributed by atoms with van der Waals surface area (Å²) in [4.78, 5) is 19.2. The predicted molar refractivity (Wildman–Crippen MR) is 128 cm³/mol. The molecular weight excluding hydrogens is 431 g/mol. The van der Waals surface area contributed by atoms with Crippen molar-refractivity contribution in [3.05, 3.63) is 89.5 Å². The third-order valence-corrected chi connectivity index (χ3v) is 7.18. The maximum Gasteiger partial charge on any atom is 0.411 e. The minimum Gasteiger partial charge on any atom is -0.438 e. The Balaban J connectivity index is 1.35. The van der Waals surface area contributed by atoms with E-state index in [0.29, 0.717) is 32.2 Å².